The molecule has 1 aliphatic rings. The smallest absolute Gasteiger partial charge is 0.427 e. The zero-order chi connectivity index (χ0) is 20.2. The minimum atomic E-state index is -1.62. The lowest BCUT2D eigenvalue weighted by molar-refractivity contribution is -0.274. The van der Waals surface area contributed by atoms with Crippen molar-refractivity contribution in [1.82, 2.24) is 4.90 Å². The summed E-state index contributed by atoms with van der Waals surface area (Å²) >= 11 is 0. The second kappa shape index (κ2) is 8.17. The van der Waals surface area contributed by atoms with E-state index >= 15 is 0 Å². The average molecular weight is 379 g/mol. The van der Waals surface area contributed by atoms with Crippen LogP contribution in [0.3, 0.4) is 0 Å². The first-order chi connectivity index (χ1) is 12.7. The van der Waals surface area contributed by atoms with Crippen molar-refractivity contribution in [3.8, 4) is 0 Å². The number of carbonyl (C=O) groups is 4. The van der Waals surface area contributed by atoms with Gasteiger partial charge in [0, 0.05) is 0 Å². The molecular weight excluding hydrogens is 358 g/mol. The van der Waals surface area contributed by atoms with Gasteiger partial charge in [0.05, 0.1) is 12.6 Å². The molecule has 0 aromatic heterocycles. The predicted molar refractivity (Wildman–Crippen MR) is 90.0 cm³/mol. The average Bonchev–Trinajstić information content (AvgIpc) is 2.58. The largest absolute Gasteiger partial charge is 0.443 e. The molecule has 27 heavy (non-hydrogen) atoms. The summed E-state index contributed by atoms with van der Waals surface area (Å²) < 4.78 is 9.83. The molecule has 2 amide bonds. The molecule has 2 atom stereocenters. The maximum Gasteiger partial charge on any atom is 0.427 e. The topological polar surface area (TPSA) is 108 Å². The highest BCUT2D eigenvalue weighted by atomic mass is 17.2. The van der Waals surface area contributed by atoms with Crippen LogP contribution in [-0.2, 0) is 28.8 Å². The highest BCUT2D eigenvalue weighted by Crippen LogP contribution is 2.36. The monoisotopic (exact) mass is 379 g/mol. The van der Waals surface area contributed by atoms with E-state index < -0.39 is 41.7 Å². The SMILES string of the molecule is CCOOC(=O)[C@H]1C(=O)OC(=O)N(C(=O)OC(C)(C)C)[C@@H]1c1ccccc1. The third-order valence-electron chi connectivity index (χ3n) is 3.48. The van der Waals surface area contributed by atoms with Crippen LogP contribution in [0.2, 0.25) is 0 Å². The number of cyclic esters (lactones) is 2. The summed E-state index contributed by atoms with van der Waals surface area (Å²) in [6.45, 7) is 6.48. The van der Waals surface area contributed by atoms with E-state index in [4.69, 9.17) is 4.74 Å². The molecule has 1 aromatic rings. The second-order valence-electron chi connectivity index (χ2n) is 6.68. The van der Waals surface area contributed by atoms with Crippen LogP contribution in [0.25, 0.3) is 0 Å². The Hall–Kier alpha value is -2.94. The molecule has 0 N–H and O–H groups in total. The van der Waals surface area contributed by atoms with Crippen molar-refractivity contribution in [3.63, 3.8) is 0 Å². The first-order valence-electron chi connectivity index (χ1n) is 8.32. The number of rotatable bonds is 4. The first kappa shape index (κ1) is 20.4. The van der Waals surface area contributed by atoms with Crippen LogP contribution in [0.4, 0.5) is 9.59 Å². The fourth-order valence-corrected chi connectivity index (χ4v) is 2.48. The molecular formula is C18H21NO8. The van der Waals surface area contributed by atoms with Crippen molar-refractivity contribution < 1.29 is 38.4 Å². The number of esters is 1. The molecule has 1 saturated heterocycles. The molecule has 1 aromatic carbocycles. The minimum Gasteiger partial charge on any atom is -0.443 e. The van der Waals surface area contributed by atoms with E-state index in [1.807, 2.05) is 0 Å². The number of imide groups is 1. The van der Waals surface area contributed by atoms with Crippen molar-refractivity contribution in [3.05, 3.63) is 35.9 Å². The lowest BCUT2D eigenvalue weighted by Crippen LogP contribution is -2.54. The van der Waals surface area contributed by atoms with E-state index in [0.717, 1.165) is 0 Å². The van der Waals surface area contributed by atoms with Crippen LogP contribution < -0.4 is 0 Å². The van der Waals surface area contributed by atoms with Crippen molar-refractivity contribution in [2.24, 2.45) is 5.92 Å². The van der Waals surface area contributed by atoms with Crippen molar-refractivity contribution in [1.29, 1.82) is 0 Å². The summed E-state index contributed by atoms with van der Waals surface area (Å²) in [6, 6.07) is 6.81. The molecule has 1 aliphatic heterocycles. The van der Waals surface area contributed by atoms with Gasteiger partial charge in [-0.15, -0.1) is 0 Å². The molecule has 1 fully saturated rings. The van der Waals surface area contributed by atoms with Crippen LogP contribution >= 0.6 is 0 Å². The normalized spacial score (nSPS) is 20.1. The van der Waals surface area contributed by atoms with E-state index in [0.29, 0.717) is 10.5 Å². The van der Waals surface area contributed by atoms with Crippen LogP contribution in [0, 0.1) is 5.92 Å². The number of hydrogen-bond donors (Lipinski definition) is 0. The lowest BCUT2D eigenvalue weighted by atomic mass is 9.91. The van der Waals surface area contributed by atoms with Gasteiger partial charge in [-0.2, -0.15) is 4.89 Å². The quantitative estimate of drug-likeness (QED) is 0.340. The zero-order valence-corrected chi connectivity index (χ0v) is 15.5. The molecule has 0 bridgehead atoms. The maximum absolute atomic E-state index is 12.6. The molecule has 0 unspecified atom stereocenters. The third kappa shape index (κ3) is 4.82. The van der Waals surface area contributed by atoms with Gasteiger partial charge in [-0.1, -0.05) is 30.3 Å². The third-order valence-corrected chi connectivity index (χ3v) is 3.48. The molecule has 1 heterocycles. The summed E-state index contributed by atoms with van der Waals surface area (Å²) in [5.41, 5.74) is -0.562. The highest BCUT2D eigenvalue weighted by Gasteiger charge is 2.53. The summed E-state index contributed by atoms with van der Waals surface area (Å²) in [5, 5.41) is 0. The van der Waals surface area contributed by atoms with E-state index in [2.05, 4.69) is 14.5 Å². The Kier molecular flexibility index (Phi) is 6.17. The fraction of sp³-hybridized carbons (Fsp3) is 0.444. The molecule has 0 aliphatic carbocycles. The van der Waals surface area contributed by atoms with E-state index in [1.165, 1.54) is 0 Å². The van der Waals surface area contributed by atoms with Gasteiger partial charge in [0.25, 0.3) is 0 Å². The molecule has 0 radical (unpaired) electrons. The molecule has 9 nitrogen and oxygen atoms in total. The standard InChI is InChI=1S/C18H21NO8/c1-5-24-27-15(21)12-13(11-9-7-6-8-10-11)19(16(22)25-14(12)20)17(23)26-18(2,3)4/h6-10,12-13H,5H2,1-4H3/t12-,13-/m1/s1. The molecule has 146 valence electrons. The van der Waals surface area contributed by atoms with Crippen LogP contribution in [0.15, 0.2) is 30.3 Å². The zero-order valence-electron chi connectivity index (χ0n) is 15.5. The Morgan fingerprint density at radius 3 is 2.33 bits per heavy atom. The Labute approximate surface area is 156 Å². The number of hydrogen-bond acceptors (Lipinski definition) is 8. The predicted octanol–water partition coefficient (Wildman–Crippen LogP) is 2.75. The van der Waals surface area contributed by atoms with Crippen LogP contribution in [-0.4, -0.2) is 41.2 Å². The number of nitrogens with zero attached hydrogens (tertiary/aromatic N) is 1. The summed E-state index contributed by atoms with van der Waals surface area (Å²) in [5.74, 6) is -3.85. The van der Waals surface area contributed by atoms with Gasteiger partial charge in [0.2, 0.25) is 0 Å². The van der Waals surface area contributed by atoms with Crippen molar-refractivity contribution in [2.75, 3.05) is 6.61 Å². The summed E-state index contributed by atoms with van der Waals surface area (Å²) in [7, 11) is 0. The second-order valence-corrected chi connectivity index (χ2v) is 6.68. The van der Waals surface area contributed by atoms with E-state index in [-0.39, 0.29) is 6.61 Å². The van der Waals surface area contributed by atoms with Gasteiger partial charge in [-0.25, -0.2) is 19.3 Å². The highest BCUT2D eigenvalue weighted by molar-refractivity contribution is 6.05. The number of ether oxygens (including phenoxy) is 2. The van der Waals surface area contributed by atoms with Crippen molar-refractivity contribution in [2.45, 2.75) is 39.3 Å². The number of carbonyl (C=O) groups excluding carboxylic acids is 4. The number of benzene rings is 1. The summed E-state index contributed by atoms with van der Waals surface area (Å²) in [4.78, 5) is 59.3. The van der Waals surface area contributed by atoms with Gasteiger partial charge < -0.3 is 9.47 Å². The Balaban J connectivity index is 2.48. The Morgan fingerprint density at radius 2 is 1.78 bits per heavy atom. The van der Waals surface area contributed by atoms with Gasteiger partial charge in [0.15, 0.2) is 5.92 Å². The number of amides is 2. The molecule has 0 saturated carbocycles. The lowest BCUT2D eigenvalue weighted by Gasteiger charge is -2.36. The van der Waals surface area contributed by atoms with E-state index in [1.54, 1.807) is 58.0 Å². The van der Waals surface area contributed by atoms with Gasteiger partial charge in [-0.05, 0) is 33.3 Å². The molecule has 9 heteroatoms. The Bertz CT molecular complexity index is 725. The molecule has 0 spiro atoms. The summed E-state index contributed by atoms with van der Waals surface area (Å²) in [6.07, 6.45) is -2.29. The Morgan fingerprint density at radius 1 is 1.15 bits per heavy atom. The fourth-order valence-electron chi connectivity index (χ4n) is 2.48. The van der Waals surface area contributed by atoms with Gasteiger partial charge >= 0.3 is 24.1 Å². The van der Waals surface area contributed by atoms with E-state index in [9.17, 15) is 19.2 Å². The molecule has 2 rings (SSSR count). The van der Waals surface area contributed by atoms with Crippen LogP contribution in [0.1, 0.15) is 39.3 Å². The minimum absolute atomic E-state index is 0.0538. The van der Waals surface area contributed by atoms with Gasteiger partial charge in [-0.3, -0.25) is 9.68 Å². The van der Waals surface area contributed by atoms with Crippen molar-refractivity contribution >= 4 is 24.1 Å². The maximum atomic E-state index is 12.6. The van der Waals surface area contributed by atoms with Crippen LogP contribution in [0.5, 0.6) is 0 Å². The first-order valence-corrected chi connectivity index (χ1v) is 8.32. The van der Waals surface area contributed by atoms with Gasteiger partial charge in [0.1, 0.15) is 5.60 Å².